The lowest BCUT2D eigenvalue weighted by Gasteiger charge is -2.26. The third-order valence-electron chi connectivity index (χ3n) is 2.58. The summed E-state index contributed by atoms with van der Waals surface area (Å²) in [5.41, 5.74) is 5.06. The lowest BCUT2D eigenvalue weighted by molar-refractivity contribution is 0.0272. The Bertz CT molecular complexity index is 576. The Kier molecular flexibility index (Phi) is 4.26. The van der Waals surface area contributed by atoms with Crippen molar-refractivity contribution in [2.45, 2.75) is 4.90 Å². The highest BCUT2D eigenvalue weighted by atomic mass is 35.5. The van der Waals surface area contributed by atoms with Gasteiger partial charge in [0.05, 0.1) is 18.9 Å². The van der Waals surface area contributed by atoms with E-state index in [0.29, 0.717) is 26.3 Å². The molecular formula is C10H13ClFN3O3S. The maximum absolute atomic E-state index is 13.8. The molecule has 1 heterocycles. The molecule has 3 N–H and O–H groups in total. The molecule has 1 aromatic carbocycles. The van der Waals surface area contributed by atoms with Gasteiger partial charge in [-0.1, -0.05) is 11.6 Å². The van der Waals surface area contributed by atoms with Crippen molar-refractivity contribution < 1.29 is 17.5 Å². The van der Waals surface area contributed by atoms with E-state index in [2.05, 4.69) is 4.83 Å². The first-order chi connectivity index (χ1) is 8.90. The molecule has 0 aliphatic carbocycles. The van der Waals surface area contributed by atoms with Crippen LogP contribution in [-0.4, -0.2) is 39.7 Å². The Balaban J connectivity index is 2.28. The van der Waals surface area contributed by atoms with Crippen LogP contribution in [0, 0.1) is 5.82 Å². The second-order valence-corrected chi connectivity index (χ2v) is 6.07. The zero-order valence-corrected chi connectivity index (χ0v) is 11.5. The van der Waals surface area contributed by atoms with Gasteiger partial charge in [0.2, 0.25) is 0 Å². The molecule has 0 spiro atoms. The van der Waals surface area contributed by atoms with Crippen LogP contribution in [0.2, 0.25) is 5.02 Å². The minimum Gasteiger partial charge on any atom is -0.396 e. The first kappa shape index (κ1) is 14.5. The fraction of sp³-hybridized carbons (Fsp3) is 0.400. The van der Waals surface area contributed by atoms with Crippen LogP contribution < -0.4 is 10.6 Å². The summed E-state index contributed by atoms with van der Waals surface area (Å²) in [7, 11) is -4.05. The van der Waals surface area contributed by atoms with Crippen molar-refractivity contribution in [2.24, 2.45) is 0 Å². The van der Waals surface area contributed by atoms with E-state index in [-0.39, 0.29) is 10.7 Å². The van der Waals surface area contributed by atoms with Crippen LogP contribution in [-0.2, 0) is 14.8 Å². The highest BCUT2D eigenvalue weighted by molar-refractivity contribution is 7.89. The fourth-order valence-corrected chi connectivity index (χ4v) is 3.20. The van der Waals surface area contributed by atoms with E-state index in [9.17, 15) is 12.8 Å². The molecule has 19 heavy (non-hydrogen) atoms. The van der Waals surface area contributed by atoms with Crippen LogP contribution in [0.15, 0.2) is 17.0 Å². The van der Waals surface area contributed by atoms with Gasteiger partial charge in [-0.15, -0.1) is 4.83 Å². The molecule has 0 saturated carbocycles. The van der Waals surface area contributed by atoms with Gasteiger partial charge in [-0.25, -0.2) is 17.8 Å². The van der Waals surface area contributed by atoms with Gasteiger partial charge >= 0.3 is 0 Å². The van der Waals surface area contributed by atoms with Crippen LogP contribution in [0.4, 0.5) is 10.1 Å². The largest absolute Gasteiger partial charge is 0.396 e. The highest BCUT2D eigenvalue weighted by Crippen LogP contribution is 2.25. The minimum absolute atomic E-state index is 0.0567. The summed E-state index contributed by atoms with van der Waals surface area (Å²) < 4.78 is 43.0. The smallest absolute Gasteiger partial charge is 0.256 e. The number of nitrogens with zero attached hydrogens (tertiary/aromatic N) is 1. The first-order valence-electron chi connectivity index (χ1n) is 5.50. The molecule has 6 nitrogen and oxygen atoms in total. The third-order valence-corrected chi connectivity index (χ3v) is 4.17. The molecule has 1 saturated heterocycles. The SMILES string of the molecule is Nc1cc(Cl)cc(S(=O)(=O)NN2CCOCC2)c1F. The van der Waals surface area contributed by atoms with E-state index in [1.54, 1.807) is 0 Å². The summed E-state index contributed by atoms with van der Waals surface area (Å²) in [5.74, 6) is -1.01. The number of halogens is 2. The monoisotopic (exact) mass is 309 g/mol. The molecule has 2 rings (SSSR count). The molecule has 0 unspecified atom stereocenters. The number of rotatable bonds is 3. The van der Waals surface area contributed by atoms with Crippen LogP contribution in [0.5, 0.6) is 0 Å². The minimum atomic E-state index is -4.05. The molecule has 0 bridgehead atoms. The van der Waals surface area contributed by atoms with Gasteiger partial charge in [-0.3, -0.25) is 0 Å². The topological polar surface area (TPSA) is 84.7 Å². The van der Waals surface area contributed by atoms with Crippen molar-refractivity contribution in [3.05, 3.63) is 23.0 Å². The molecule has 0 amide bonds. The maximum atomic E-state index is 13.8. The third kappa shape index (κ3) is 3.34. The lowest BCUT2D eigenvalue weighted by Crippen LogP contribution is -2.48. The van der Waals surface area contributed by atoms with Gasteiger partial charge in [-0.2, -0.15) is 0 Å². The van der Waals surface area contributed by atoms with Gasteiger partial charge < -0.3 is 10.5 Å². The summed E-state index contributed by atoms with van der Waals surface area (Å²) in [4.78, 5) is 1.71. The van der Waals surface area contributed by atoms with Gasteiger partial charge in [-0.05, 0) is 12.1 Å². The Morgan fingerprint density at radius 2 is 2.00 bits per heavy atom. The van der Waals surface area contributed by atoms with Crippen molar-refractivity contribution in [3.63, 3.8) is 0 Å². The molecule has 9 heteroatoms. The fourth-order valence-electron chi connectivity index (χ4n) is 1.65. The van der Waals surface area contributed by atoms with Crippen molar-refractivity contribution >= 4 is 27.3 Å². The average molecular weight is 310 g/mol. The predicted molar refractivity (Wildman–Crippen MR) is 68.5 cm³/mol. The molecule has 0 atom stereocenters. The number of hydrazine groups is 1. The van der Waals surface area contributed by atoms with Crippen LogP contribution >= 0.6 is 11.6 Å². The lowest BCUT2D eigenvalue weighted by atomic mass is 10.3. The molecule has 106 valence electrons. The molecule has 1 aromatic rings. The van der Waals surface area contributed by atoms with Crippen molar-refractivity contribution in [3.8, 4) is 0 Å². The Hall–Kier alpha value is -0.930. The second-order valence-electron chi connectivity index (χ2n) is 4.00. The molecule has 0 aromatic heterocycles. The number of nitrogens with two attached hydrogens (primary N) is 1. The maximum Gasteiger partial charge on any atom is 0.256 e. The highest BCUT2D eigenvalue weighted by Gasteiger charge is 2.25. The van der Waals surface area contributed by atoms with E-state index in [4.69, 9.17) is 22.1 Å². The number of hydrogen-bond donors (Lipinski definition) is 2. The number of ether oxygens (including phenoxy) is 1. The quantitative estimate of drug-likeness (QED) is 0.798. The van der Waals surface area contributed by atoms with Crippen LogP contribution in [0.3, 0.4) is 0 Å². The summed E-state index contributed by atoms with van der Waals surface area (Å²) in [6.45, 7) is 1.58. The molecule has 1 aliphatic heterocycles. The average Bonchev–Trinajstić information content (AvgIpc) is 2.34. The standard InChI is InChI=1S/C10H13ClFN3O3S/c11-7-5-8(13)10(12)9(6-7)19(16,17)14-15-1-3-18-4-2-15/h5-6,14H,1-4,13H2. The van der Waals surface area contributed by atoms with Crippen molar-refractivity contribution in [1.29, 1.82) is 0 Å². The normalized spacial score (nSPS) is 17.6. The zero-order chi connectivity index (χ0) is 14.0. The Morgan fingerprint density at radius 3 is 2.63 bits per heavy atom. The number of anilines is 1. The van der Waals surface area contributed by atoms with Gasteiger partial charge in [0.15, 0.2) is 5.82 Å². The van der Waals surface area contributed by atoms with Crippen molar-refractivity contribution in [1.82, 2.24) is 9.84 Å². The Labute approximate surface area is 115 Å². The van der Waals surface area contributed by atoms with Crippen LogP contribution in [0.25, 0.3) is 0 Å². The molecular weight excluding hydrogens is 297 g/mol. The summed E-state index contributed by atoms with van der Waals surface area (Å²) in [5, 5.41) is 1.50. The number of sulfonamides is 1. The zero-order valence-electron chi connectivity index (χ0n) is 9.90. The molecule has 1 aliphatic rings. The number of nitrogens with one attached hydrogen (secondary N) is 1. The van der Waals surface area contributed by atoms with E-state index >= 15 is 0 Å². The van der Waals surface area contributed by atoms with Gasteiger partial charge in [0.25, 0.3) is 10.0 Å². The summed E-state index contributed by atoms with van der Waals surface area (Å²) >= 11 is 5.70. The predicted octanol–water partition coefficient (Wildman–Crippen LogP) is 0.587. The van der Waals surface area contributed by atoms with E-state index in [1.807, 2.05) is 0 Å². The number of hydrogen-bond acceptors (Lipinski definition) is 5. The van der Waals surface area contributed by atoms with E-state index in [1.165, 1.54) is 5.01 Å². The summed E-state index contributed by atoms with van der Waals surface area (Å²) in [6.07, 6.45) is 0. The number of nitrogen functional groups attached to an aromatic ring is 1. The van der Waals surface area contributed by atoms with Crippen molar-refractivity contribution in [2.75, 3.05) is 32.0 Å². The first-order valence-corrected chi connectivity index (χ1v) is 7.36. The van der Waals surface area contributed by atoms with E-state index < -0.39 is 20.7 Å². The Morgan fingerprint density at radius 1 is 1.37 bits per heavy atom. The van der Waals surface area contributed by atoms with Crippen LogP contribution in [0.1, 0.15) is 0 Å². The molecule has 1 fully saturated rings. The summed E-state index contributed by atoms with van der Waals surface area (Å²) in [6, 6.07) is 2.18. The second kappa shape index (κ2) is 5.59. The van der Waals surface area contributed by atoms with E-state index in [0.717, 1.165) is 12.1 Å². The van der Waals surface area contributed by atoms with Gasteiger partial charge in [0.1, 0.15) is 4.90 Å². The van der Waals surface area contributed by atoms with Gasteiger partial charge in [0, 0.05) is 18.1 Å². The number of morpholine rings is 1. The number of benzene rings is 1. The molecule has 0 radical (unpaired) electrons.